The number of benzene rings is 1. The normalized spacial score (nSPS) is 9.07. The van der Waals surface area contributed by atoms with Gasteiger partial charge in [-0.3, -0.25) is 0 Å². The van der Waals surface area contributed by atoms with Gasteiger partial charge in [-0.2, -0.15) is 0 Å². The van der Waals surface area contributed by atoms with Gasteiger partial charge in [0.25, 0.3) is 0 Å². The van der Waals surface area contributed by atoms with E-state index in [-0.39, 0.29) is 1.43 Å². The molecule has 0 saturated heterocycles. The maximum absolute atomic E-state index is 4.16. The topological polar surface area (TPSA) is 28.7 Å². The van der Waals surface area contributed by atoms with Crippen molar-refractivity contribution >= 4 is 0 Å². The Hall–Kier alpha value is -1.57. The van der Waals surface area contributed by atoms with E-state index in [4.69, 9.17) is 0 Å². The lowest BCUT2D eigenvalue weighted by Crippen LogP contribution is -1.79. The summed E-state index contributed by atoms with van der Waals surface area (Å²) >= 11 is 0. The third-order valence-electron chi connectivity index (χ3n) is 1.82. The molecule has 0 amide bonds. The minimum atomic E-state index is 0. The van der Waals surface area contributed by atoms with E-state index in [2.05, 4.69) is 41.2 Å². The summed E-state index contributed by atoms with van der Waals surface area (Å²) < 4.78 is 0. The van der Waals surface area contributed by atoms with Crippen molar-refractivity contribution < 1.29 is 1.43 Å². The molecule has 0 saturated carbocycles. The van der Waals surface area contributed by atoms with Crippen LogP contribution in [0, 0.1) is 6.92 Å². The van der Waals surface area contributed by atoms with Crippen molar-refractivity contribution in [2.75, 3.05) is 0 Å². The maximum atomic E-state index is 4.16. The van der Waals surface area contributed by atoms with Gasteiger partial charge < -0.3 is 4.98 Å². The fourth-order valence-corrected chi connectivity index (χ4v) is 1.13. The number of aryl methyl sites for hydroxylation is 1. The number of nitrogens with zero attached hydrogens (tertiary/aromatic N) is 1. The lowest BCUT2D eigenvalue weighted by atomic mass is 10.1. The van der Waals surface area contributed by atoms with Crippen molar-refractivity contribution in [3.63, 3.8) is 0 Å². The molecule has 0 bridgehead atoms. The standard InChI is InChI=1S/C10H10N2.C2H6.H2/c1-8-2-4-9(5-3-8)10-11-6-7-12-10;1-2;/h2-7H,1H3,(H,11,12);1-2H3;1H. The molecule has 2 heteroatoms. The van der Waals surface area contributed by atoms with Gasteiger partial charge in [0.2, 0.25) is 0 Å². The van der Waals surface area contributed by atoms with Crippen molar-refractivity contribution in [3.05, 3.63) is 42.2 Å². The van der Waals surface area contributed by atoms with Crippen molar-refractivity contribution in [3.8, 4) is 11.4 Å². The van der Waals surface area contributed by atoms with Gasteiger partial charge in [0.15, 0.2) is 0 Å². The van der Waals surface area contributed by atoms with Gasteiger partial charge in [-0.15, -0.1) is 0 Å². The average molecular weight is 190 g/mol. The lowest BCUT2D eigenvalue weighted by molar-refractivity contribution is 1.30. The van der Waals surface area contributed by atoms with Crippen LogP contribution >= 0.6 is 0 Å². The second-order valence-corrected chi connectivity index (χ2v) is 2.80. The molecule has 2 rings (SSSR count). The summed E-state index contributed by atoms with van der Waals surface area (Å²) in [6, 6.07) is 8.29. The molecule has 0 aliphatic heterocycles. The average Bonchev–Trinajstić information content (AvgIpc) is 2.75. The highest BCUT2D eigenvalue weighted by Gasteiger charge is 1.96. The quantitative estimate of drug-likeness (QED) is 0.730. The number of rotatable bonds is 1. The summed E-state index contributed by atoms with van der Waals surface area (Å²) in [6.07, 6.45) is 3.59. The van der Waals surface area contributed by atoms with Gasteiger partial charge in [0.1, 0.15) is 5.82 Å². The van der Waals surface area contributed by atoms with Crippen molar-refractivity contribution in [1.29, 1.82) is 0 Å². The van der Waals surface area contributed by atoms with E-state index in [0.29, 0.717) is 0 Å². The molecule has 1 heterocycles. The number of H-pyrrole nitrogens is 1. The highest BCUT2D eigenvalue weighted by molar-refractivity contribution is 5.54. The highest BCUT2D eigenvalue weighted by atomic mass is 14.9. The molecular weight excluding hydrogens is 172 g/mol. The van der Waals surface area contributed by atoms with Crippen LogP contribution in [-0.4, -0.2) is 9.97 Å². The summed E-state index contributed by atoms with van der Waals surface area (Å²) in [6.45, 7) is 6.08. The van der Waals surface area contributed by atoms with Gasteiger partial charge in [-0.25, -0.2) is 4.98 Å². The third-order valence-corrected chi connectivity index (χ3v) is 1.82. The molecule has 14 heavy (non-hydrogen) atoms. The minimum absolute atomic E-state index is 0. The molecule has 0 radical (unpaired) electrons. The number of aromatic amines is 1. The Bertz CT molecular complexity index is 352. The minimum Gasteiger partial charge on any atom is -0.345 e. The molecule has 1 aromatic heterocycles. The van der Waals surface area contributed by atoms with Gasteiger partial charge >= 0.3 is 0 Å². The Kier molecular flexibility index (Phi) is 3.92. The first-order valence-electron chi connectivity index (χ1n) is 4.93. The lowest BCUT2D eigenvalue weighted by Gasteiger charge is -1.96. The zero-order chi connectivity index (χ0) is 10.4. The van der Waals surface area contributed by atoms with Gasteiger partial charge in [0, 0.05) is 19.4 Å². The Morgan fingerprint density at radius 2 is 1.79 bits per heavy atom. The number of nitrogens with one attached hydrogen (secondary N) is 1. The van der Waals surface area contributed by atoms with Crippen LogP contribution in [0.4, 0.5) is 0 Å². The Balaban J connectivity index is 0.000000617. The summed E-state index contributed by atoms with van der Waals surface area (Å²) in [7, 11) is 0. The molecule has 0 atom stereocenters. The molecule has 2 nitrogen and oxygen atoms in total. The monoisotopic (exact) mass is 190 g/mol. The van der Waals surface area contributed by atoms with Crippen LogP contribution in [0.25, 0.3) is 11.4 Å². The Morgan fingerprint density at radius 1 is 1.14 bits per heavy atom. The predicted octanol–water partition coefficient (Wildman–Crippen LogP) is 3.66. The fraction of sp³-hybridized carbons (Fsp3) is 0.250. The smallest absolute Gasteiger partial charge is 0.137 e. The van der Waals surface area contributed by atoms with Gasteiger partial charge in [-0.05, 0) is 6.92 Å². The largest absolute Gasteiger partial charge is 0.345 e. The van der Waals surface area contributed by atoms with Crippen LogP contribution < -0.4 is 0 Å². The molecule has 0 spiro atoms. The molecule has 0 fully saturated rings. The summed E-state index contributed by atoms with van der Waals surface area (Å²) in [5.41, 5.74) is 2.40. The summed E-state index contributed by atoms with van der Waals surface area (Å²) in [5, 5.41) is 0. The Morgan fingerprint density at radius 3 is 2.29 bits per heavy atom. The number of aromatic nitrogens is 2. The van der Waals surface area contributed by atoms with E-state index in [0.717, 1.165) is 11.4 Å². The fourth-order valence-electron chi connectivity index (χ4n) is 1.13. The van der Waals surface area contributed by atoms with E-state index in [1.807, 2.05) is 20.0 Å². The molecular formula is C12H18N2. The van der Waals surface area contributed by atoms with E-state index in [1.54, 1.807) is 6.20 Å². The zero-order valence-electron chi connectivity index (χ0n) is 8.91. The van der Waals surface area contributed by atoms with E-state index in [1.165, 1.54) is 5.56 Å². The first-order chi connectivity index (χ1) is 6.86. The Labute approximate surface area is 86.5 Å². The number of hydrogen-bond donors (Lipinski definition) is 1. The van der Waals surface area contributed by atoms with Crippen LogP contribution in [0.3, 0.4) is 0 Å². The number of hydrogen-bond acceptors (Lipinski definition) is 1. The maximum Gasteiger partial charge on any atom is 0.137 e. The van der Waals surface area contributed by atoms with Crippen LogP contribution in [-0.2, 0) is 0 Å². The van der Waals surface area contributed by atoms with Gasteiger partial charge in [-0.1, -0.05) is 43.7 Å². The van der Waals surface area contributed by atoms with E-state index >= 15 is 0 Å². The van der Waals surface area contributed by atoms with Crippen molar-refractivity contribution in [2.45, 2.75) is 20.8 Å². The molecule has 0 aliphatic rings. The molecule has 0 aliphatic carbocycles. The summed E-state index contributed by atoms with van der Waals surface area (Å²) in [5.74, 6) is 0.926. The molecule has 1 aromatic carbocycles. The predicted molar refractivity (Wildman–Crippen MR) is 62.2 cm³/mol. The van der Waals surface area contributed by atoms with E-state index in [9.17, 15) is 0 Å². The van der Waals surface area contributed by atoms with E-state index < -0.39 is 0 Å². The SMILES string of the molecule is CC.Cc1ccc(-c2ncc[nH]2)cc1.[HH]. The van der Waals surface area contributed by atoms with Gasteiger partial charge in [0.05, 0.1) is 0 Å². The first kappa shape index (κ1) is 10.5. The van der Waals surface area contributed by atoms with Crippen molar-refractivity contribution in [1.82, 2.24) is 9.97 Å². The number of imidazole rings is 1. The second kappa shape index (κ2) is 5.22. The van der Waals surface area contributed by atoms with Crippen molar-refractivity contribution in [2.24, 2.45) is 0 Å². The van der Waals surface area contributed by atoms with Crippen LogP contribution in [0.15, 0.2) is 36.7 Å². The molecule has 2 aromatic rings. The first-order valence-corrected chi connectivity index (χ1v) is 4.93. The van der Waals surface area contributed by atoms with Crippen LogP contribution in [0.5, 0.6) is 0 Å². The van der Waals surface area contributed by atoms with Crippen LogP contribution in [0.2, 0.25) is 0 Å². The summed E-state index contributed by atoms with van der Waals surface area (Å²) in [4.78, 5) is 7.22. The highest BCUT2D eigenvalue weighted by Crippen LogP contribution is 2.14. The molecule has 76 valence electrons. The molecule has 1 N–H and O–H groups in total. The van der Waals surface area contributed by atoms with Crippen LogP contribution in [0.1, 0.15) is 20.8 Å². The molecule has 0 unspecified atom stereocenters. The zero-order valence-corrected chi connectivity index (χ0v) is 8.91. The third kappa shape index (κ3) is 2.46. The second-order valence-electron chi connectivity index (χ2n) is 2.80.